The van der Waals surface area contributed by atoms with Gasteiger partial charge in [0, 0.05) is 13.1 Å². The summed E-state index contributed by atoms with van der Waals surface area (Å²) in [5.74, 6) is -0.163. The summed E-state index contributed by atoms with van der Waals surface area (Å²) in [6.45, 7) is 4.52. The average Bonchev–Trinajstić information content (AvgIpc) is 3.11. The van der Waals surface area contributed by atoms with Gasteiger partial charge in [0.2, 0.25) is 0 Å². The van der Waals surface area contributed by atoms with Gasteiger partial charge in [-0.2, -0.15) is 0 Å². The number of nitrogens with zero attached hydrogens (tertiary/aromatic N) is 3. The number of hydrazine groups is 1. The molecule has 1 amide bonds. The van der Waals surface area contributed by atoms with E-state index < -0.39 is 5.97 Å². The van der Waals surface area contributed by atoms with Gasteiger partial charge in [0.25, 0.3) is 5.91 Å². The topological polar surface area (TPSA) is 87.9 Å². The van der Waals surface area contributed by atoms with Crippen LogP contribution in [0.3, 0.4) is 0 Å². The lowest BCUT2D eigenvalue weighted by Gasteiger charge is -2.29. The lowest BCUT2D eigenvalue weighted by atomic mass is 10.2. The second-order valence-corrected chi connectivity index (χ2v) is 5.23. The molecule has 0 aliphatic carbocycles. The molecule has 0 radical (unpaired) electrons. The predicted octanol–water partition coefficient (Wildman–Crippen LogP) is 0.402. The van der Waals surface area contributed by atoms with Gasteiger partial charge in [0.15, 0.2) is 5.11 Å². The van der Waals surface area contributed by atoms with E-state index in [-0.39, 0.29) is 12.5 Å². The van der Waals surface area contributed by atoms with Crippen molar-refractivity contribution in [1.82, 2.24) is 20.5 Å². The van der Waals surface area contributed by atoms with Crippen LogP contribution in [0.15, 0.2) is 4.52 Å². The molecule has 0 atom stereocenters. The summed E-state index contributed by atoms with van der Waals surface area (Å²) < 4.78 is 9.59. The highest BCUT2D eigenvalue weighted by Crippen LogP contribution is 2.20. The summed E-state index contributed by atoms with van der Waals surface area (Å²) in [5.41, 5.74) is 0.991. The first-order valence-electron chi connectivity index (χ1n) is 6.82. The maximum absolute atomic E-state index is 12.7. The number of carbonyl (C=O) groups is 2. The van der Waals surface area contributed by atoms with Crippen molar-refractivity contribution in [2.75, 3.05) is 26.7 Å². The monoisotopic (exact) mass is 326 g/mol. The van der Waals surface area contributed by atoms with Crippen molar-refractivity contribution in [2.24, 2.45) is 0 Å². The van der Waals surface area contributed by atoms with Gasteiger partial charge in [0.05, 0.1) is 12.8 Å². The van der Waals surface area contributed by atoms with E-state index in [1.807, 2.05) is 0 Å². The molecule has 0 saturated carbocycles. The summed E-state index contributed by atoms with van der Waals surface area (Å²) >= 11 is 5.25. The number of hydrogen-bond donors (Lipinski definition) is 1. The minimum Gasteiger partial charge on any atom is -0.468 e. The van der Waals surface area contributed by atoms with Gasteiger partial charge in [0.1, 0.15) is 17.9 Å². The van der Waals surface area contributed by atoms with Gasteiger partial charge in [-0.15, -0.1) is 0 Å². The number of ether oxygens (including phenoxy) is 1. The third kappa shape index (κ3) is 3.19. The van der Waals surface area contributed by atoms with Crippen LogP contribution >= 0.6 is 12.2 Å². The summed E-state index contributed by atoms with van der Waals surface area (Å²) in [4.78, 5) is 23.8. The quantitative estimate of drug-likeness (QED) is 0.631. The van der Waals surface area contributed by atoms with Crippen molar-refractivity contribution in [3.8, 4) is 0 Å². The fourth-order valence-electron chi connectivity index (χ4n) is 2.26. The molecule has 0 spiro atoms. The van der Waals surface area contributed by atoms with Crippen LogP contribution in [-0.2, 0) is 9.53 Å². The number of carbonyl (C=O) groups excluding carboxylic acids is 2. The van der Waals surface area contributed by atoms with Crippen LogP contribution in [0.2, 0.25) is 0 Å². The summed E-state index contributed by atoms with van der Waals surface area (Å²) in [6, 6.07) is 0. The zero-order valence-corrected chi connectivity index (χ0v) is 13.5. The molecule has 9 heteroatoms. The fourth-order valence-corrected chi connectivity index (χ4v) is 2.52. The largest absolute Gasteiger partial charge is 0.468 e. The Kier molecular flexibility index (Phi) is 4.96. The Hall–Kier alpha value is -2.16. The van der Waals surface area contributed by atoms with Crippen LogP contribution in [-0.4, -0.2) is 58.9 Å². The molecule has 120 valence electrons. The first kappa shape index (κ1) is 16.2. The molecule has 1 aliphatic heterocycles. The zero-order valence-electron chi connectivity index (χ0n) is 12.7. The van der Waals surface area contributed by atoms with Gasteiger partial charge >= 0.3 is 5.97 Å². The highest BCUT2D eigenvalue weighted by Gasteiger charge is 2.32. The van der Waals surface area contributed by atoms with E-state index in [0.717, 1.165) is 6.42 Å². The van der Waals surface area contributed by atoms with Crippen molar-refractivity contribution in [2.45, 2.75) is 20.3 Å². The lowest BCUT2D eigenvalue weighted by Crippen LogP contribution is -2.50. The molecule has 0 bridgehead atoms. The molecule has 1 aromatic rings. The second kappa shape index (κ2) is 6.73. The van der Waals surface area contributed by atoms with Crippen molar-refractivity contribution in [3.63, 3.8) is 0 Å². The minimum absolute atomic E-state index is 0.0425. The number of thiocarbonyl (C=S) groups is 1. The van der Waals surface area contributed by atoms with E-state index in [1.54, 1.807) is 23.9 Å². The van der Waals surface area contributed by atoms with Crippen molar-refractivity contribution in [3.05, 3.63) is 17.0 Å². The van der Waals surface area contributed by atoms with Crippen LogP contribution in [0.4, 0.5) is 0 Å². The smallest absolute Gasteiger partial charge is 0.325 e. The molecule has 2 heterocycles. The van der Waals surface area contributed by atoms with Crippen molar-refractivity contribution < 1.29 is 18.8 Å². The zero-order chi connectivity index (χ0) is 16.3. The molecule has 2 rings (SSSR count). The van der Waals surface area contributed by atoms with Crippen LogP contribution in [0.5, 0.6) is 0 Å². The van der Waals surface area contributed by atoms with Crippen molar-refractivity contribution >= 4 is 29.2 Å². The summed E-state index contributed by atoms with van der Waals surface area (Å²) in [5, 5.41) is 10.1. The number of hydrogen-bond acceptors (Lipinski definition) is 6. The molecular formula is C13H18N4O4S. The first-order valence-corrected chi connectivity index (χ1v) is 7.23. The van der Waals surface area contributed by atoms with E-state index in [0.29, 0.717) is 35.2 Å². The van der Waals surface area contributed by atoms with E-state index >= 15 is 0 Å². The van der Waals surface area contributed by atoms with Crippen LogP contribution in [0.25, 0.3) is 0 Å². The SMILES string of the molecule is COC(=O)CNC(=S)N1CCCN1C(=O)c1c(C)noc1C. The Morgan fingerprint density at radius 1 is 1.36 bits per heavy atom. The Morgan fingerprint density at radius 2 is 2.05 bits per heavy atom. The van der Waals surface area contributed by atoms with Gasteiger partial charge in [-0.1, -0.05) is 5.16 Å². The van der Waals surface area contributed by atoms with Crippen LogP contribution in [0, 0.1) is 13.8 Å². The molecule has 1 N–H and O–H groups in total. The first-order chi connectivity index (χ1) is 10.5. The fraction of sp³-hybridized carbons (Fsp3) is 0.538. The molecule has 8 nitrogen and oxygen atoms in total. The predicted molar refractivity (Wildman–Crippen MR) is 81.0 cm³/mol. The Morgan fingerprint density at radius 3 is 2.64 bits per heavy atom. The van der Waals surface area contributed by atoms with E-state index in [9.17, 15) is 9.59 Å². The van der Waals surface area contributed by atoms with Crippen molar-refractivity contribution in [1.29, 1.82) is 0 Å². The molecule has 0 aromatic carbocycles. The highest BCUT2D eigenvalue weighted by molar-refractivity contribution is 7.80. The maximum atomic E-state index is 12.7. The van der Waals surface area contributed by atoms with E-state index in [2.05, 4.69) is 15.2 Å². The third-order valence-corrected chi connectivity index (χ3v) is 3.71. The Bertz CT molecular complexity index is 581. The van der Waals surface area contributed by atoms with E-state index in [4.69, 9.17) is 16.7 Å². The second-order valence-electron chi connectivity index (χ2n) is 4.84. The van der Waals surface area contributed by atoms with Crippen LogP contribution < -0.4 is 5.32 Å². The van der Waals surface area contributed by atoms with Gasteiger partial charge < -0.3 is 14.6 Å². The van der Waals surface area contributed by atoms with E-state index in [1.165, 1.54) is 7.11 Å². The lowest BCUT2D eigenvalue weighted by molar-refractivity contribution is -0.139. The number of esters is 1. The molecule has 22 heavy (non-hydrogen) atoms. The number of nitrogens with one attached hydrogen (secondary N) is 1. The normalized spacial score (nSPS) is 14.1. The van der Waals surface area contributed by atoms with Crippen LogP contribution in [0.1, 0.15) is 28.2 Å². The Balaban J connectivity index is 2.09. The molecule has 1 fully saturated rings. The van der Waals surface area contributed by atoms with Gasteiger partial charge in [-0.3, -0.25) is 14.6 Å². The molecule has 1 aliphatic rings. The van der Waals surface area contributed by atoms with Gasteiger partial charge in [-0.05, 0) is 32.5 Å². The minimum atomic E-state index is -0.426. The highest BCUT2D eigenvalue weighted by atomic mass is 32.1. The average molecular weight is 326 g/mol. The Labute approximate surface area is 133 Å². The molecule has 0 unspecified atom stereocenters. The number of rotatable bonds is 3. The standard InChI is InChI=1S/C13H18N4O4S/c1-8-11(9(2)21-15-8)12(19)16-5-4-6-17(16)13(22)14-7-10(18)20-3/h4-7H2,1-3H3,(H,14,22). The molecule has 1 saturated heterocycles. The third-order valence-electron chi connectivity index (χ3n) is 3.36. The summed E-state index contributed by atoms with van der Waals surface area (Å²) in [7, 11) is 1.30. The maximum Gasteiger partial charge on any atom is 0.325 e. The number of methoxy groups -OCH3 is 1. The number of aryl methyl sites for hydroxylation is 2. The molecule has 1 aromatic heterocycles. The van der Waals surface area contributed by atoms with Gasteiger partial charge in [-0.25, -0.2) is 5.01 Å². The molecular weight excluding hydrogens is 308 g/mol. The number of amides is 1. The summed E-state index contributed by atoms with van der Waals surface area (Å²) in [6.07, 6.45) is 0.787. The number of aromatic nitrogens is 1.